The van der Waals surface area contributed by atoms with E-state index in [1.54, 1.807) is 48.2 Å². The number of hydrogen-bond acceptors (Lipinski definition) is 6. The lowest BCUT2D eigenvalue weighted by Crippen LogP contribution is -2.49. The maximum atomic E-state index is 12.8. The molecule has 0 spiro atoms. The Morgan fingerprint density at radius 1 is 1.13 bits per heavy atom. The molecule has 1 aliphatic rings. The third-order valence-electron chi connectivity index (χ3n) is 5.05. The first-order chi connectivity index (χ1) is 14.3. The Morgan fingerprint density at radius 3 is 2.40 bits per heavy atom. The number of piperazine rings is 1. The summed E-state index contributed by atoms with van der Waals surface area (Å²) in [6, 6.07) is 11.9. The van der Waals surface area contributed by atoms with Gasteiger partial charge in [0.05, 0.1) is 4.92 Å². The minimum absolute atomic E-state index is 0.0659. The quantitative estimate of drug-likeness (QED) is 0.494. The van der Waals surface area contributed by atoms with Crippen LogP contribution in [0.4, 0.5) is 11.4 Å². The normalized spacial score (nSPS) is 14.4. The van der Waals surface area contributed by atoms with Gasteiger partial charge in [-0.2, -0.15) is 0 Å². The molecule has 0 unspecified atom stereocenters. The van der Waals surface area contributed by atoms with Gasteiger partial charge in [0.15, 0.2) is 0 Å². The van der Waals surface area contributed by atoms with Crippen molar-refractivity contribution in [3.8, 4) is 5.75 Å². The molecule has 0 N–H and O–H groups in total. The minimum atomic E-state index is -0.454. The Bertz CT molecular complexity index is 896. The molecule has 0 aromatic heterocycles. The van der Waals surface area contributed by atoms with Gasteiger partial charge in [-0.15, -0.1) is 0 Å². The van der Waals surface area contributed by atoms with Crippen molar-refractivity contribution in [1.29, 1.82) is 0 Å². The van der Waals surface area contributed by atoms with Gasteiger partial charge >= 0.3 is 0 Å². The van der Waals surface area contributed by atoms with Crippen LogP contribution in [0.3, 0.4) is 0 Å². The van der Waals surface area contributed by atoms with Gasteiger partial charge in [-0.3, -0.25) is 19.8 Å². The molecule has 1 heterocycles. The predicted molar refractivity (Wildman–Crippen MR) is 117 cm³/mol. The zero-order chi connectivity index (χ0) is 21.7. The number of amides is 1. The van der Waals surface area contributed by atoms with E-state index in [-0.39, 0.29) is 11.6 Å². The number of hydrogen-bond donors (Lipinski definition) is 0. The summed E-state index contributed by atoms with van der Waals surface area (Å²) >= 11 is 5.87. The van der Waals surface area contributed by atoms with Crippen LogP contribution in [0, 0.1) is 10.1 Å². The number of nitro groups is 1. The summed E-state index contributed by atoms with van der Waals surface area (Å²) in [6.45, 7) is 3.91. The Morgan fingerprint density at radius 2 is 1.80 bits per heavy atom. The number of nitrogens with zero attached hydrogens (tertiary/aromatic N) is 4. The number of ether oxygens (including phenoxy) is 1. The van der Waals surface area contributed by atoms with Crippen LogP contribution in [0.25, 0.3) is 0 Å². The molecule has 1 saturated heterocycles. The van der Waals surface area contributed by atoms with Gasteiger partial charge < -0.3 is 14.5 Å². The standard InChI is InChI=1S/C21H25ClN4O4/c1-23(2)19-8-3-16(15-20(19)26(28)29)21(27)25-11-9-24(10-12-25)13-14-30-18-6-4-17(22)5-7-18/h3-8,15H,9-14H2,1-2H3. The molecular weight excluding hydrogens is 408 g/mol. The van der Waals surface area contributed by atoms with Gasteiger partial charge in [0.2, 0.25) is 0 Å². The molecule has 1 amide bonds. The molecule has 3 rings (SSSR count). The molecule has 8 nitrogen and oxygen atoms in total. The summed E-state index contributed by atoms with van der Waals surface area (Å²) in [7, 11) is 3.47. The van der Waals surface area contributed by atoms with Crippen LogP contribution in [0.1, 0.15) is 10.4 Å². The van der Waals surface area contributed by atoms with Gasteiger partial charge in [0, 0.05) is 63.5 Å². The lowest BCUT2D eigenvalue weighted by atomic mass is 10.1. The Labute approximate surface area is 180 Å². The van der Waals surface area contributed by atoms with Crippen molar-refractivity contribution in [3.63, 3.8) is 0 Å². The zero-order valence-corrected chi connectivity index (χ0v) is 17.8. The summed E-state index contributed by atoms with van der Waals surface area (Å²) in [6.07, 6.45) is 0. The lowest BCUT2D eigenvalue weighted by molar-refractivity contribution is -0.384. The van der Waals surface area contributed by atoms with Gasteiger partial charge in [-0.1, -0.05) is 11.6 Å². The second-order valence-electron chi connectivity index (χ2n) is 7.29. The van der Waals surface area contributed by atoms with Gasteiger partial charge in [0.25, 0.3) is 11.6 Å². The Kier molecular flexibility index (Phi) is 7.12. The van der Waals surface area contributed by atoms with E-state index in [1.807, 2.05) is 12.1 Å². The van der Waals surface area contributed by atoms with Crippen molar-refractivity contribution in [3.05, 3.63) is 63.2 Å². The summed E-state index contributed by atoms with van der Waals surface area (Å²) in [4.78, 5) is 29.4. The molecule has 0 radical (unpaired) electrons. The van der Waals surface area contributed by atoms with Crippen molar-refractivity contribution >= 4 is 28.9 Å². The highest BCUT2D eigenvalue weighted by molar-refractivity contribution is 6.30. The number of nitro benzene ring substituents is 1. The van der Waals surface area contributed by atoms with Crippen LogP contribution in [-0.2, 0) is 0 Å². The molecule has 0 aliphatic carbocycles. The summed E-state index contributed by atoms with van der Waals surface area (Å²) in [5.74, 6) is 0.594. The van der Waals surface area contributed by atoms with Crippen LogP contribution in [0.2, 0.25) is 5.02 Å². The third kappa shape index (κ3) is 5.40. The fourth-order valence-electron chi connectivity index (χ4n) is 3.36. The van der Waals surface area contributed by atoms with Crippen LogP contribution >= 0.6 is 11.6 Å². The number of carbonyl (C=O) groups excluding carboxylic acids is 1. The number of rotatable bonds is 7. The average molecular weight is 433 g/mol. The first-order valence-electron chi connectivity index (χ1n) is 9.71. The minimum Gasteiger partial charge on any atom is -0.492 e. The van der Waals surface area contributed by atoms with Crippen molar-refractivity contribution in [2.24, 2.45) is 0 Å². The first kappa shape index (κ1) is 21.9. The maximum absolute atomic E-state index is 12.8. The summed E-state index contributed by atoms with van der Waals surface area (Å²) in [5.41, 5.74) is 0.748. The second-order valence-corrected chi connectivity index (χ2v) is 7.73. The highest BCUT2D eigenvalue weighted by Gasteiger charge is 2.25. The van der Waals surface area contributed by atoms with E-state index in [0.717, 1.165) is 25.4 Å². The van der Waals surface area contributed by atoms with Gasteiger partial charge in [-0.25, -0.2) is 0 Å². The average Bonchev–Trinajstić information content (AvgIpc) is 2.74. The smallest absolute Gasteiger partial charge is 0.293 e. The molecule has 9 heteroatoms. The molecule has 2 aromatic carbocycles. The largest absolute Gasteiger partial charge is 0.492 e. The highest BCUT2D eigenvalue weighted by Crippen LogP contribution is 2.28. The fraction of sp³-hybridized carbons (Fsp3) is 0.381. The van der Waals surface area contributed by atoms with Crippen LogP contribution < -0.4 is 9.64 Å². The molecule has 0 bridgehead atoms. The van der Waals surface area contributed by atoms with Gasteiger partial charge in [0.1, 0.15) is 18.0 Å². The monoisotopic (exact) mass is 432 g/mol. The third-order valence-corrected chi connectivity index (χ3v) is 5.30. The lowest BCUT2D eigenvalue weighted by Gasteiger charge is -2.34. The molecule has 1 aliphatic heterocycles. The summed E-state index contributed by atoms with van der Waals surface area (Å²) in [5, 5.41) is 12.0. The topological polar surface area (TPSA) is 79.2 Å². The molecule has 1 fully saturated rings. The second kappa shape index (κ2) is 9.77. The van der Waals surface area contributed by atoms with Crippen molar-refractivity contribution < 1.29 is 14.5 Å². The maximum Gasteiger partial charge on any atom is 0.293 e. The van der Waals surface area contributed by atoms with E-state index >= 15 is 0 Å². The predicted octanol–water partition coefficient (Wildman–Crippen LogP) is 3.15. The molecule has 30 heavy (non-hydrogen) atoms. The highest BCUT2D eigenvalue weighted by atomic mass is 35.5. The number of halogens is 1. The van der Waals surface area contributed by atoms with E-state index in [2.05, 4.69) is 4.90 Å². The van der Waals surface area contributed by atoms with E-state index in [1.165, 1.54) is 6.07 Å². The van der Waals surface area contributed by atoms with E-state index < -0.39 is 4.92 Å². The summed E-state index contributed by atoms with van der Waals surface area (Å²) < 4.78 is 5.72. The van der Waals surface area contributed by atoms with E-state index in [9.17, 15) is 14.9 Å². The Balaban J connectivity index is 1.52. The SMILES string of the molecule is CN(C)c1ccc(C(=O)N2CCN(CCOc3ccc(Cl)cc3)CC2)cc1[N+](=O)[O-]. The Hall–Kier alpha value is -2.84. The van der Waals surface area contributed by atoms with Crippen molar-refractivity contribution in [1.82, 2.24) is 9.80 Å². The molecule has 2 aromatic rings. The van der Waals surface area contributed by atoms with E-state index in [4.69, 9.17) is 16.3 Å². The fourth-order valence-corrected chi connectivity index (χ4v) is 3.49. The van der Waals surface area contributed by atoms with Crippen molar-refractivity contribution in [2.45, 2.75) is 0 Å². The zero-order valence-electron chi connectivity index (χ0n) is 17.1. The number of benzene rings is 2. The molecule has 160 valence electrons. The number of carbonyl (C=O) groups is 1. The van der Waals surface area contributed by atoms with Crippen LogP contribution in [-0.4, -0.2) is 74.1 Å². The van der Waals surface area contributed by atoms with Gasteiger partial charge in [-0.05, 0) is 36.4 Å². The first-order valence-corrected chi connectivity index (χ1v) is 10.1. The molecular formula is C21H25ClN4O4. The number of anilines is 1. The molecule has 0 saturated carbocycles. The van der Waals surface area contributed by atoms with Crippen LogP contribution in [0.5, 0.6) is 5.75 Å². The van der Waals surface area contributed by atoms with Crippen LogP contribution in [0.15, 0.2) is 42.5 Å². The van der Waals surface area contributed by atoms with Crippen molar-refractivity contribution in [2.75, 3.05) is 58.3 Å². The molecule has 0 atom stereocenters. The van der Waals surface area contributed by atoms with E-state index in [0.29, 0.717) is 36.0 Å².